The second kappa shape index (κ2) is 9.17. The molecule has 3 heterocycles. The number of hydrogen-bond acceptors (Lipinski definition) is 6. The lowest BCUT2D eigenvalue weighted by Gasteiger charge is -2.27. The summed E-state index contributed by atoms with van der Waals surface area (Å²) < 4.78 is 19.4. The summed E-state index contributed by atoms with van der Waals surface area (Å²) in [6, 6.07) is 8.57. The summed E-state index contributed by atoms with van der Waals surface area (Å²) >= 11 is 0. The molecule has 3 aromatic heterocycles. The lowest BCUT2D eigenvalue weighted by Crippen LogP contribution is -2.25. The van der Waals surface area contributed by atoms with Crippen molar-refractivity contribution in [2.75, 3.05) is 0 Å². The number of fused-ring (bicyclic) bond motifs is 1. The highest BCUT2D eigenvalue weighted by molar-refractivity contribution is 5.80. The van der Waals surface area contributed by atoms with Crippen LogP contribution in [0.5, 0.6) is 6.01 Å². The van der Waals surface area contributed by atoms with Crippen molar-refractivity contribution in [3.8, 4) is 28.7 Å². The normalized spacial score (nSPS) is 18.2. The minimum Gasteiger partial charge on any atom is -0.481 e. The van der Waals surface area contributed by atoms with Crippen molar-refractivity contribution in [1.29, 1.82) is 0 Å². The van der Waals surface area contributed by atoms with Crippen molar-refractivity contribution in [3.05, 3.63) is 54.2 Å². The van der Waals surface area contributed by atoms with Crippen molar-refractivity contribution < 1.29 is 19.0 Å². The Kier molecular flexibility index (Phi) is 5.91. The number of benzene rings is 1. The summed E-state index contributed by atoms with van der Waals surface area (Å²) in [6.07, 6.45) is 6.88. The van der Waals surface area contributed by atoms with E-state index in [4.69, 9.17) is 9.84 Å². The standard InChI is InChI=1S/C25H24FN5O3/c1-14-19(24-30-21-8-4-17(26)11-22(21)31-24)7-9-20(29-14)16-12-27-25(28-13-16)34-18-5-2-15(3-6-18)10-23(32)33/h4,7-9,11-13,15,18H,2-3,5-6,10H2,1H3,(H,30,31)(H,32,33)/t15-,18+. The molecule has 1 aliphatic rings. The molecule has 1 saturated carbocycles. The summed E-state index contributed by atoms with van der Waals surface area (Å²) in [5, 5.41) is 8.94. The van der Waals surface area contributed by atoms with Gasteiger partial charge in [0.15, 0.2) is 0 Å². The molecule has 0 atom stereocenters. The molecule has 0 bridgehead atoms. The highest BCUT2D eigenvalue weighted by Crippen LogP contribution is 2.30. The van der Waals surface area contributed by atoms with Crippen LogP contribution in [0.1, 0.15) is 37.8 Å². The van der Waals surface area contributed by atoms with Gasteiger partial charge >= 0.3 is 12.0 Å². The zero-order chi connectivity index (χ0) is 23.7. The average Bonchev–Trinajstić information content (AvgIpc) is 3.23. The third-order valence-electron chi connectivity index (χ3n) is 6.24. The van der Waals surface area contributed by atoms with Gasteiger partial charge in [0.1, 0.15) is 17.7 Å². The number of ether oxygens (including phenoxy) is 1. The third-order valence-corrected chi connectivity index (χ3v) is 6.24. The van der Waals surface area contributed by atoms with Gasteiger partial charge in [-0.15, -0.1) is 0 Å². The molecule has 0 radical (unpaired) electrons. The van der Waals surface area contributed by atoms with E-state index in [0.29, 0.717) is 17.4 Å². The molecule has 8 nitrogen and oxygen atoms in total. The minimum absolute atomic E-state index is 0.00725. The number of halogens is 1. The minimum atomic E-state index is -0.742. The smallest absolute Gasteiger partial charge is 0.316 e. The van der Waals surface area contributed by atoms with Crippen LogP contribution in [0, 0.1) is 18.7 Å². The van der Waals surface area contributed by atoms with Crippen LogP contribution >= 0.6 is 0 Å². The van der Waals surface area contributed by atoms with Gasteiger partial charge in [0.25, 0.3) is 0 Å². The zero-order valence-corrected chi connectivity index (χ0v) is 18.7. The molecule has 1 aromatic carbocycles. The van der Waals surface area contributed by atoms with Crippen LogP contribution in [0.3, 0.4) is 0 Å². The largest absolute Gasteiger partial charge is 0.481 e. The van der Waals surface area contributed by atoms with Gasteiger partial charge in [0.2, 0.25) is 0 Å². The van der Waals surface area contributed by atoms with Crippen LogP contribution in [0.2, 0.25) is 0 Å². The maximum absolute atomic E-state index is 13.5. The fraction of sp³-hybridized carbons (Fsp3) is 0.320. The van der Waals surface area contributed by atoms with E-state index in [0.717, 1.165) is 53.7 Å². The number of carbonyl (C=O) groups is 1. The van der Waals surface area contributed by atoms with E-state index in [1.54, 1.807) is 18.5 Å². The van der Waals surface area contributed by atoms with E-state index in [9.17, 15) is 9.18 Å². The van der Waals surface area contributed by atoms with Crippen LogP contribution in [-0.2, 0) is 4.79 Å². The summed E-state index contributed by atoms with van der Waals surface area (Å²) in [5.74, 6) is -0.212. The number of rotatable bonds is 6. The Balaban J connectivity index is 1.26. The predicted octanol–water partition coefficient (Wildman–Crippen LogP) is 4.94. The van der Waals surface area contributed by atoms with E-state index >= 15 is 0 Å². The number of aromatic amines is 1. The van der Waals surface area contributed by atoms with Gasteiger partial charge in [-0.2, -0.15) is 0 Å². The average molecular weight is 461 g/mol. The molecule has 0 unspecified atom stereocenters. The molecule has 0 saturated heterocycles. The molecular formula is C25H24FN5O3. The summed E-state index contributed by atoms with van der Waals surface area (Å²) in [7, 11) is 0. The first-order chi connectivity index (χ1) is 16.4. The number of nitrogens with one attached hydrogen (secondary N) is 1. The van der Waals surface area contributed by atoms with Crippen molar-refractivity contribution in [1.82, 2.24) is 24.9 Å². The number of H-pyrrole nitrogens is 1. The Morgan fingerprint density at radius 1 is 1.12 bits per heavy atom. The second-order valence-corrected chi connectivity index (χ2v) is 8.69. The van der Waals surface area contributed by atoms with Crippen LogP contribution in [0.25, 0.3) is 33.7 Å². The first kappa shape index (κ1) is 21.9. The Morgan fingerprint density at radius 2 is 1.88 bits per heavy atom. The molecule has 0 aliphatic heterocycles. The maximum atomic E-state index is 13.5. The van der Waals surface area contributed by atoms with Crippen LogP contribution in [0.4, 0.5) is 4.39 Å². The predicted molar refractivity (Wildman–Crippen MR) is 124 cm³/mol. The van der Waals surface area contributed by atoms with Crippen molar-refractivity contribution >= 4 is 17.0 Å². The lowest BCUT2D eigenvalue weighted by molar-refractivity contribution is -0.138. The fourth-order valence-electron chi connectivity index (χ4n) is 4.44. The summed E-state index contributed by atoms with van der Waals surface area (Å²) in [6.45, 7) is 1.89. The van der Waals surface area contributed by atoms with Crippen LogP contribution < -0.4 is 4.74 Å². The molecule has 1 fully saturated rings. The number of pyridine rings is 1. The fourth-order valence-corrected chi connectivity index (χ4v) is 4.44. The summed E-state index contributed by atoms with van der Waals surface area (Å²) in [4.78, 5) is 31.9. The van der Waals surface area contributed by atoms with Crippen molar-refractivity contribution in [2.24, 2.45) is 5.92 Å². The van der Waals surface area contributed by atoms with E-state index in [1.807, 2.05) is 19.1 Å². The van der Waals surface area contributed by atoms with Gasteiger partial charge < -0.3 is 14.8 Å². The highest BCUT2D eigenvalue weighted by atomic mass is 19.1. The van der Waals surface area contributed by atoms with Crippen LogP contribution in [-0.4, -0.2) is 42.1 Å². The number of imidazole rings is 1. The SMILES string of the molecule is Cc1nc(-c2cnc(O[C@H]3CC[C@@H](CC(=O)O)CC3)nc2)ccc1-c1nc2cc(F)ccc2[nH]1. The number of aryl methyl sites for hydroxylation is 1. The molecule has 1 aliphatic carbocycles. The molecule has 34 heavy (non-hydrogen) atoms. The number of aliphatic carboxylic acids is 1. The van der Waals surface area contributed by atoms with E-state index < -0.39 is 5.97 Å². The second-order valence-electron chi connectivity index (χ2n) is 8.69. The molecular weight excluding hydrogens is 437 g/mol. The monoisotopic (exact) mass is 461 g/mol. The molecule has 9 heteroatoms. The van der Waals surface area contributed by atoms with Gasteiger partial charge in [0, 0.05) is 41.7 Å². The first-order valence-corrected chi connectivity index (χ1v) is 11.3. The Labute approximate surface area is 195 Å². The number of carboxylic acids is 1. The van der Waals surface area contributed by atoms with Gasteiger partial charge in [-0.25, -0.2) is 19.3 Å². The summed E-state index contributed by atoms with van der Waals surface area (Å²) in [5.41, 5.74) is 4.43. The number of aromatic nitrogens is 5. The highest BCUT2D eigenvalue weighted by Gasteiger charge is 2.24. The van der Waals surface area contributed by atoms with Crippen molar-refractivity contribution in [2.45, 2.75) is 45.1 Å². The van der Waals surface area contributed by atoms with E-state index in [1.165, 1.54) is 12.1 Å². The first-order valence-electron chi connectivity index (χ1n) is 11.3. The molecule has 174 valence electrons. The lowest BCUT2D eigenvalue weighted by atomic mass is 9.85. The molecule has 5 rings (SSSR count). The van der Waals surface area contributed by atoms with E-state index in [2.05, 4.69) is 24.9 Å². The molecule has 0 amide bonds. The molecule has 2 N–H and O–H groups in total. The van der Waals surface area contributed by atoms with Gasteiger partial charge in [-0.1, -0.05) is 0 Å². The number of nitrogens with zero attached hydrogens (tertiary/aromatic N) is 4. The van der Waals surface area contributed by atoms with Gasteiger partial charge in [-0.3, -0.25) is 9.78 Å². The quantitative estimate of drug-likeness (QED) is 0.418. The molecule has 0 spiro atoms. The maximum Gasteiger partial charge on any atom is 0.316 e. The number of hydrogen-bond donors (Lipinski definition) is 2. The van der Waals surface area contributed by atoms with Crippen molar-refractivity contribution in [3.63, 3.8) is 0 Å². The third kappa shape index (κ3) is 4.73. The molecule has 4 aromatic rings. The van der Waals surface area contributed by atoms with Gasteiger partial charge in [-0.05, 0) is 62.8 Å². The van der Waals surface area contributed by atoms with Gasteiger partial charge in [0.05, 0.1) is 16.7 Å². The van der Waals surface area contributed by atoms with E-state index in [-0.39, 0.29) is 24.3 Å². The Bertz CT molecular complexity index is 1330. The Morgan fingerprint density at radius 3 is 2.59 bits per heavy atom. The zero-order valence-electron chi connectivity index (χ0n) is 18.7. The Hall–Kier alpha value is -3.88. The number of carboxylic acid groups (broad SMARTS) is 1. The van der Waals surface area contributed by atoms with Crippen LogP contribution in [0.15, 0.2) is 42.7 Å². The topological polar surface area (TPSA) is 114 Å².